The van der Waals surface area contributed by atoms with E-state index in [4.69, 9.17) is 11.4 Å². The van der Waals surface area contributed by atoms with E-state index >= 15 is 0 Å². The summed E-state index contributed by atoms with van der Waals surface area (Å²) in [5.41, 5.74) is 8.53. The van der Waals surface area contributed by atoms with E-state index in [1.807, 2.05) is 30.6 Å². The first-order valence-corrected chi connectivity index (χ1v) is 10.5. The van der Waals surface area contributed by atoms with Gasteiger partial charge in [-0.15, -0.1) is 6.42 Å². The van der Waals surface area contributed by atoms with Crippen molar-refractivity contribution in [2.45, 2.75) is 13.3 Å². The van der Waals surface area contributed by atoms with Crippen LogP contribution in [-0.2, 0) is 6.42 Å². The van der Waals surface area contributed by atoms with Crippen molar-refractivity contribution in [3.05, 3.63) is 102 Å². The Hall–Kier alpha value is -4.36. The van der Waals surface area contributed by atoms with Gasteiger partial charge in [-0.25, -0.2) is 0 Å². The van der Waals surface area contributed by atoms with Crippen LogP contribution in [0, 0.1) is 19.3 Å². The minimum Gasteiger partial charge on any atom is -0.317 e. The lowest BCUT2D eigenvalue weighted by Crippen LogP contribution is -1.96. The van der Waals surface area contributed by atoms with Crippen molar-refractivity contribution in [3.63, 3.8) is 0 Å². The summed E-state index contributed by atoms with van der Waals surface area (Å²) in [4.78, 5) is 4.71. The monoisotopic (exact) mass is 414 g/mol. The highest BCUT2D eigenvalue weighted by Gasteiger charge is 2.08. The summed E-state index contributed by atoms with van der Waals surface area (Å²) in [5, 5.41) is 8.21. The fourth-order valence-corrected chi connectivity index (χ4v) is 3.91. The first-order chi connectivity index (χ1) is 15.7. The third-order valence-electron chi connectivity index (χ3n) is 5.60. The largest absolute Gasteiger partial charge is 0.317 e. The summed E-state index contributed by atoms with van der Waals surface area (Å²) in [6.45, 7) is 2.10. The number of benzene rings is 3. The van der Waals surface area contributed by atoms with Gasteiger partial charge in [0.25, 0.3) is 0 Å². The Labute approximate surface area is 187 Å². The maximum Gasteiger partial charge on any atom is 0.0655 e. The lowest BCUT2D eigenvalue weighted by molar-refractivity contribution is 1.09. The van der Waals surface area contributed by atoms with Gasteiger partial charge in [-0.05, 0) is 72.1 Å². The third-order valence-corrected chi connectivity index (χ3v) is 5.60. The Kier molecular flexibility index (Phi) is 5.15. The van der Waals surface area contributed by atoms with Crippen LogP contribution in [0.2, 0.25) is 0 Å². The second-order valence-electron chi connectivity index (χ2n) is 7.77. The van der Waals surface area contributed by atoms with Crippen molar-refractivity contribution in [3.8, 4) is 29.3 Å². The molecule has 0 spiro atoms. The van der Waals surface area contributed by atoms with E-state index < -0.39 is 0 Å². The maximum atomic E-state index is 5.58. The molecule has 0 saturated heterocycles. The molecule has 154 valence electrons. The number of fused-ring (bicyclic) bond motifs is 1. The molecule has 0 aliphatic carbocycles. The van der Waals surface area contributed by atoms with E-state index in [-0.39, 0.29) is 0 Å². The second kappa shape index (κ2) is 8.41. The van der Waals surface area contributed by atoms with E-state index in [1.165, 1.54) is 5.56 Å². The molecule has 0 radical (unpaired) electrons. The predicted molar refractivity (Wildman–Crippen MR) is 132 cm³/mol. The summed E-state index contributed by atoms with van der Waals surface area (Å²) in [7, 11) is 0. The number of hydrogen-bond acceptors (Lipinski definition) is 2. The van der Waals surface area contributed by atoms with Gasteiger partial charge in [-0.2, -0.15) is 5.10 Å². The van der Waals surface area contributed by atoms with Gasteiger partial charge in [-0.3, -0.25) is 10.1 Å². The van der Waals surface area contributed by atoms with Crippen LogP contribution in [0.3, 0.4) is 0 Å². The average molecular weight is 415 g/mol. The van der Waals surface area contributed by atoms with E-state index in [0.29, 0.717) is 0 Å². The zero-order valence-electron chi connectivity index (χ0n) is 17.8. The highest BCUT2D eigenvalue weighted by Crippen LogP contribution is 2.29. The highest BCUT2D eigenvalue weighted by atomic mass is 15.1. The van der Waals surface area contributed by atoms with Crippen molar-refractivity contribution < 1.29 is 0 Å². The first kappa shape index (κ1) is 19.6. The Morgan fingerprint density at radius 3 is 2.88 bits per heavy atom. The molecule has 0 aliphatic heterocycles. The van der Waals surface area contributed by atoms with E-state index in [0.717, 1.165) is 51.1 Å². The van der Waals surface area contributed by atoms with Crippen molar-refractivity contribution >= 4 is 22.8 Å². The number of hydrogen-bond donors (Lipinski definition) is 1. The van der Waals surface area contributed by atoms with Crippen LogP contribution in [0.4, 0.5) is 5.69 Å². The Morgan fingerprint density at radius 2 is 2.00 bits per heavy atom. The highest BCUT2D eigenvalue weighted by molar-refractivity contribution is 5.80. The number of aromatic nitrogens is 3. The number of H-pyrrole nitrogens is 1. The number of nitrogens with one attached hydrogen (secondary N) is 1. The topological polar surface area (TPSA) is 46.0 Å². The summed E-state index contributed by atoms with van der Waals surface area (Å²) >= 11 is 0. The molecule has 2 heterocycles. The quantitative estimate of drug-likeness (QED) is 0.268. The summed E-state index contributed by atoms with van der Waals surface area (Å²) in [6.07, 6.45) is 12.2. The zero-order valence-corrected chi connectivity index (χ0v) is 17.8. The van der Waals surface area contributed by atoms with Crippen LogP contribution in [0.25, 0.3) is 27.8 Å². The standard InChI is InChI=1S/C28H22N4/c1-3-21-6-4-7-25(17-21)32-15-5-8-28(32)23-11-12-26(20(2)16-23)29-14-13-22-9-10-24-19-30-31-27(24)18-22/h1,4-12,14-19H,13H2,2H3,(H,30,31). The van der Waals surface area contributed by atoms with Gasteiger partial charge < -0.3 is 4.57 Å². The number of terminal acetylenes is 1. The van der Waals surface area contributed by atoms with Gasteiger partial charge in [-0.1, -0.05) is 30.2 Å². The predicted octanol–water partition coefficient (Wildman–Crippen LogP) is 6.26. The molecule has 0 aliphatic rings. The maximum absolute atomic E-state index is 5.58. The minimum atomic E-state index is 0.768. The van der Waals surface area contributed by atoms with E-state index in [1.54, 1.807) is 0 Å². The van der Waals surface area contributed by atoms with Gasteiger partial charge >= 0.3 is 0 Å². The van der Waals surface area contributed by atoms with Gasteiger partial charge in [0.15, 0.2) is 0 Å². The van der Waals surface area contributed by atoms with Crippen molar-refractivity contribution in [2.24, 2.45) is 4.99 Å². The van der Waals surface area contributed by atoms with Crippen molar-refractivity contribution in [2.75, 3.05) is 0 Å². The lowest BCUT2D eigenvalue weighted by atomic mass is 10.1. The fraction of sp³-hybridized carbons (Fsp3) is 0.0714. The van der Waals surface area contributed by atoms with Crippen LogP contribution < -0.4 is 0 Å². The molecule has 0 unspecified atom stereocenters. The van der Waals surface area contributed by atoms with Crippen LogP contribution in [0.5, 0.6) is 0 Å². The summed E-state index contributed by atoms with van der Waals surface area (Å²) < 4.78 is 2.16. The Balaban J connectivity index is 1.37. The Morgan fingerprint density at radius 1 is 1.06 bits per heavy atom. The molecule has 2 aromatic heterocycles. The van der Waals surface area contributed by atoms with Crippen molar-refractivity contribution in [1.82, 2.24) is 14.8 Å². The molecule has 0 saturated carbocycles. The molecule has 0 amide bonds. The molecule has 5 aromatic rings. The first-order valence-electron chi connectivity index (χ1n) is 10.5. The number of rotatable bonds is 5. The molecular formula is C28H22N4. The smallest absolute Gasteiger partial charge is 0.0655 e. The Bertz CT molecular complexity index is 1480. The van der Waals surface area contributed by atoms with Crippen LogP contribution >= 0.6 is 0 Å². The minimum absolute atomic E-state index is 0.768. The number of aryl methyl sites for hydroxylation is 1. The summed E-state index contributed by atoms with van der Waals surface area (Å²) in [6, 6.07) is 24.9. The van der Waals surface area contributed by atoms with Crippen LogP contribution in [0.15, 0.2) is 90.2 Å². The number of aromatic amines is 1. The summed E-state index contributed by atoms with van der Waals surface area (Å²) in [5.74, 6) is 2.71. The van der Waals surface area contributed by atoms with Gasteiger partial charge in [0.05, 0.1) is 23.1 Å². The fourth-order valence-electron chi connectivity index (χ4n) is 3.91. The number of aliphatic imine (C=N–C) groups is 1. The van der Waals surface area contributed by atoms with Crippen LogP contribution in [-0.4, -0.2) is 21.0 Å². The average Bonchev–Trinajstić information content (AvgIpc) is 3.49. The normalized spacial score (nSPS) is 11.2. The molecule has 0 fully saturated rings. The third kappa shape index (κ3) is 3.84. The SMILES string of the molecule is C#Cc1cccc(-n2cccc2-c2ccc(N=CCc3ccc4cn[nH]c4c3)c(C)c2)c1. The molecule has 1 N–H and O–H groups in total. The second-order valence-corrected chi connectivity index (χ2v) is 7.77. The zero-order chi connectivity index (χ0) is 21.9. The van der Waals surface area contributed by atoms with Gasteiger partial charge in [0.2, 0.25) is 0 Å². The molecule has 0 atom stereocenters. The molecule has 3 aromatic carbocycles. The molecule has 32 heavy (non-hydrogen) atoms. The lowest BCUT2D eigenvalue weighted by Gasteiger charge is -2.11. The molecule has 4 heteroatoms. The molecule has 0 bridgehead atoms. The number of nitrogens with zero attached hydrogens (tertiary/aromatic N) is 3. The van der Waals surface area contributed by atoms with E-state index in [2.05, 4.69) is 88.4 Å². The van der Waals surface area contributed by atoms with Crippen molar-refractivity contribution in [1.29, 1.82) is 0 Å². The van der Waals surface area contributed by atoms with Gasteiger partial charge in [0, 0.05) is 35.5 Å². The molecule has 4 nitrogen and oxygen atoms in total. The van der Waals surface area contributed by atoms with E-state index in [9.17, 15) is 0 Å². The molecule has 5 rings (SSSR count). The molecular weight excluding hydrogens is 392 g/mol. The van der Waals surface area contributed by atoms with Gasteiger partial charge in [0.1, 0.15) is 0 Å². The van der Waals surface area contributed by atoms with Crippen LogP contribution in [0.1, 0.15) is 16.7 Å².